The molecule has 2 aromatic carbocycles. The molecule has 5 rings (SSSR count). The summed E-state index contributed by atoms with van der Waals surface area (Å²) in [5.41, 5.74) is 3.90. The van der Waals surface area contributed by atoms with Gasteiger partial charge in [0.25, 0.3) is 0 Å². The summed E-state index contributed by atoms with van der Waals surface area (Å²) in [5, 5.41) is 0. The van der Waals surface area contributed by atoms with Gasteiger partial charge in [-0.05, 0) is 23.3 Å². The molecule has 0 fully saturated rings. The molecule has 0 unspecified atom stereocenters. The van der Waals surface area contributed by atoms with Gasteiger partial charge in [0.05, 0.1) is 19.1 Å². The van der Waals surface area contributed by atoms with Crippen molar-refractivity contribution in [1.29, 1.82) is 0 Å². The van der Waals surface area contributed by atoms with Crippen LogP contribution in [-0.4, -0.2) is 26.1 Å². The van der Waals surface area contributed by atoms with E-state index in [9.17, 15) is 0 Å². The van der Waals surface area contributed by atoms with Crippen LogP contribution in [0.4, 0.5) is 5.82 Å². The highest BCUT2D eigenvalue weighted by molar-refractivity contribution is 5.83. The van der Waals surface area contributed by atoms with E-state index in [1.165, 1.54) is 0 Å². The van der Waals surface area contributed by atoms with Crippen molar-refractivity contribution in [2.45, 2.75) is 13.1 Å². The molecule has 6 nitrogen and oxygen atoms in total. The molecule has 0 saturated heterocycles. The molecule has 3 heterocycles. The molecule has 0 bridgehead atoms. The number of hydrogen-bond acceptors (Lipinski definition) is 5. The van der Waals surface area contributed by atoms with Crippen LogP contribution in [0.5, 0.6) is 0 Å². The van der Waals surface area contributed by atoms with E-state index in [1.807, 2.05) is 59.4 Å². The molecule has 0 N–H and O–H groups in total. The molecule has 5 aromatic rings. The van der Waals surface area contributed by atoms with Crippen molar-refractivity contribution in [3.8, 4) is 0 Å². The van der Waals surface area contributed by atoms with Crippen LogP contribution in [0.3, 0.4) is 0 Å². The molecular formula is C28H25N5O. The fourth-order valence-electron chi connectivity index (χ4n) is 3.80. The molecule has 0 radical (unpaired) electrons. The SMILES string of the molecule is C(=C/c1ccccc1)/CN(Cc1ccco1)c1ncnc2c1ncn2C/C=C/c1ccccc1. The molecule has 168 valence electrons. The Balaban J connectivity index is 1.40. The van der Waals surface area contributed by atoms with E-state index in [2.05, 4.69) is 68.4 Å². The second-order valence-corrected chi connectivity index (χ2v) is 7.85. The summed E-state index contributed by atoms with van der Waals surface area (Å²) in [4.78, 5) is 15.9. The average molecular weight is 448 g/mol. The van der Waals surface area contributed by atoms with E-state index >= 15 is 0 Å². The maximum atomic E-state index is 5.62. The molecule has 0 aliphatic carbocycles. The van der Waals surface area contributed by atoms with Crippen LogP contribution in [0.25, 0.3) is 23.3 Å². The van der Waals surface area contributed by atoms with Crippen molar-refractivity contribution in [2.24, 2.45) is 0 Å². The van der Waals surface area contributed by atoms with Gasteiger partial charge in [-0.1, -0.05) is 85.0 Å². The zero-order valence-electron chi connectivity index (χ0n) is 18.7. The number of imidazole rings is 1. The zero-order chi connectivity index (χ0) is 23.0. The molecule has 0 aliphatic rings. The fraction of sp³-hybridized carbons (Fsp3) is 0.107. The van der Waals surface area contributed by atoms with E-state index in [0.717, 1.165) is 33.9 Å². The van der Waals surface area contributed by atoms with Crippen molar-refractivity contribution in [2.75, 3.05) is 11.4 Å². The van der Waals surface area contributed by atoms with Crippen LogP contribution < -0.4 is 4.90 Å². The molecule has 0 spiro atoms. The molecule has 6 heteroatoms. The van der Waals surface area contributed by atoms with Gasteiger partial charge in [-0.15, -0.1) is 0 Å². The van der Waals surface area contributed by atoms with E-state index in [0.29, 0.717) is 19.6 Å². The number of furan rings is 1. The number of benzene rings is 2. The lowest BCUT2D eigenvalue weighted by atomic mass is 10.2. The van der Waals surface area contributed by atoms with Gasteiger partial charge in [0, 0.05) is 13.1 Å². The highest BCUT2D eigenvalue weighted by Crippen LogP contribution is 2.23. The Morgan fingerprint density at radius 1 is 0.794 bits per heavy atom. The van der Waals surface area contributed by atoms with Crippen LogP contribution in [-0.2, 0) is 13.1 Å². The van der Waals surface area contributed by atoms with Gasteiger partial charge in [0.2, 0.25) is 0 Å². The van der Waals surface area contributed by atoms with Gasteiger partial charge in [-0.3, -0.25) is 0 Å². The maximum Gasteiger partial charge on any atom is 0.165 e. The van der Waals surface area contributed by atoms with E-state index in [4.69, 9.17) is 4.42 Å². The van der Waals surface area contributed by atoms with E-state index in [-0.39, 0.29) is 0 Å². The highest BCUT2D eigenvalue weighted by atomic mass is 16.3. The Morgan fingerprint density at radius 3 is 2.24 bits per heavy atom. The number of hydrogen-bond donors (Lipinski definition) is 0. The topological polar surface area (TPSA) is 60.0 Å². The minimum absolute atomic E-state index is 0.582. The average Bonchev–Trinajstić information content (AvgIpc) is 3.55. The molecule has 0 amide bonds. The van der Waals surface area contributed by atoms with Crippen molar-refractivity contribution in [1.82, 2.24) is 19.5 Å². The molecule has 34 heavy (non-hydrogen) atoms. The fourth-order valence-corrected chi connectivity index (χ4v) is 3.80. The minimum atomic E-state index is 0.582. The molecule has 0 aliphatic heterocycles. The first-order chi connectivity index (χ1) is 16.9. The van der Waals surface area contributed by atoms with Crippen LogP contribution in [0.2, 0.25) is 0 Å². The number of rotatable bonds is 9. The summed E-state index contributed by atoms with van der Waals surface area (Å²) in [6, 6.07) is 24.4. The molecule has 0 atom stereocenters. The summed E-state index contributed by atoms with van der Waals surface area (Å²) >= 11 is 0. The molecule has 0 saturated carbocycles. The highest BCUT2D eigenvalue weighted by Gasteiger charge is 2.16. The van der Waals surface area contributed by atoms with Crippen LogP contribution in [0.15, 0.2) is 108 Å². The van der Waals surface area contributed by atoms with Crippen molar-refractivity contribution < 1.29 is 4.42 Å². The first kappa shape index (κ1) is 21.4. The van der Waals surface area contributed by atoms with Crippen molar-refractivity contribution in [3.63, 3.8) is 0 Å². The van der Waals surface area contributed by atoms with Gasteiger partial charge < -0.3 is 13.9 Å². The monoisotopic (exact) mass is 447 g/mol. The van der Waals surface area contributed by atoms with Gasteiger partial charge in [-0.2, -0.15) is 0 Å². The molecular weight excluding hydrogens is 422 g/mol. The first-order valence-electron chi connectivity index (χ1n) is 11.2. The number of fused-ring (bicyclic) bond motifs is 1. The third-order valence-corrected chi connectivity index (χ3v) is 5.46. The second kappa shape index (κ2) is 10.4. The summed E-state index contributed by atoms with van der Waals surface area (Å²) in [6.45, 7) is 1.91. The Morgan fingerprint density at radius 2 is 1.53 bits per heavy atom. The van der Waals surface area contributed by atoms with E-state index in [1.54, 1.807) is 12.6 Å². The van der Waals surface area contributed by atoms with Crippen molar-refractivity contribution in [3.05, 3.63) is 121 Å². The predicted octanol–water partition coefficient (Wildman–Crippen LogP) is 5.85. The van der Waals surface area contributed by atoms with E-state index < -0.39 is 0 Å². The van der Waals surface area contributed by atoms with Gasteiger partial charge in [-0.25, -0.2) is 15.0 Å². The largest absolute Gasteiger partial charge is 0.467 e. The Labute approximate surface area is 198 Å². The number of allylic oxidation sites excluding steroid dienone is 1. The van der Waals surface area contributed by atoms with Gasteiger partial charge >= 0.3 is 0 Å². The number of anilines is 1. The lowest BCUT2D eigenvalue weighted by Gasteiger charge is -2.21. The maximum absolute atomic E-state index is 5.62. The Bertz CT molecular complexity index is 1370. The lowest BCUT2D eigenvalue weighted by Crippen LogP contribution is -2.24. The summed E-state index contributed by atoms with van der Waals surface area (Å²) in [7, 11) is 0. The normalized spacial score (nSPS) is 11.6. The van der Waals surface area contributed by atoms with Crippen LogP contribution >= 0.6 is 0 Å². The van der Waals surface area contributed by atoms with Crippen LogP contribution in [0.1, 0.15) is 16.9 Å². The summed E-state index contributed by atoms with van der Waals surface area (Å²) < 4.78 is 7.65. The predicted molar refractivity (Wildman–Crippen MR) is 136 cm³/mol. The van der Waals surface area contributed by atoms with Gasteiger partial charge in [0.15, 0.2) is 17.0 Å². The van der Waals surface area contributed by atoms with Crippen molar-refractivity contribution >= 4 is 29.1 Å². The first-order valence-corrected chi connectivity index (χ1v) is 11.2. The van der Waals surface area contributed by atoms with Gasteiger partial charge in [0.1, 0.15) is 12.1 Å². The zero-order valence-corrected chi connectivity index (χ0v) is 18.7. The standard InChI is InChI=1S/C28H25N5O/c1-3-10-23(11-4-1)14-7-17-32(20-25-16-9-19-34-25)27-26-28(30-21-29-27)33(22-31-26)18-8-15-24-12-5-2-6-13-24/h1-16,19,21-22H,17-18,20H2/b14-7-,15-8+. The Kier molecular flexibility index (Phi) is 6.57. The summed E-state index contributed by atoms with van der Waals surface area (Å²) in [6.07, 6.45) is 13.6. The third kappa shape index (κ3) is 5.13. The summed E-state index contributed by atoms with van der Waals surface area (Å²) in [5.74, 6) is 1.65. The Hall–Kier alpha value is -4.45. The quantitative estimate of drug-likeness (QED) is 0.284. The minimum Gasteiger partial charge on any atom is -0.467 e. The molecule has 3 aromatic heterocycles. The second-order valence-electron chi connectivity index (χ2n) is 7.85. The number of aromatic nitrogens is 4. The number of nitrogens with zero attached hydrogens (tertiary/aromatic N) is 5. The van der Waals surface area contributed by atoms with Crippen LogP contribution in [0, 0.1) is 0 Å². The lowest BCUT2D eigenvalue weighted by molar-refractivity contribution is 0.504. The smallest absolute Gasteiger partial charge is 0.165 e. The third-order valence-electron chi connectivity index (χ3n) is 5.46.